The normalized spacial score (nSPS) is 12.2. The summed E-state index contributed by atoms with van der Waals surface area (Å²) in [7, 11) is 1.34. The fraction of sp³-hybridized carbons (Fsp3) is 0.143. The maximum Gasteiger partial charge on any atom is 0.316 e. The van der Waals surface area contributed by atoms with Gasteiger partial charge in [-0.2, -0.15) is 0 Å². The number of rotatable bonds is 6. The standard InChI is InChI=1S/C21H17N3O4S3/c1-28-18(25)11-29-21-23-10-13(30-21)9-22-19(26)12-6-7-17-15(8-12)24-20(27)14-4-2-3-5-16(14)31-17/h2-8,10H,9,11H2,1H3,(H,22,26)(H,24,27). The molecule has 2 amide bonds. The number of thiazole rings is 1. The lowest BCUT2D eigenvalue weighted by Gasteiger charge is -2.09. The van der Waals surface area contributed by atoms with Gasteiger partial charge in [0, 0.05) is 26.4 Å². The molecule has 0 radical (unpaired) electrons. The van der Waals surface area contributed by atoms with Crippen molar-refractivity contribution in [1.29, 1.82) is 0 Å². The lowest BCUT2D eigenvalue weighted by molar-refractivity contribution is -0.137. The van der Waals surface area contributed by atoms with Gasteiger partial charge in [-0.15, -0.1) is 11.3 Å². The number of nitrogens with zero attached hydrogens (tertiary/aromatic N) is 1. The van der Waals surface area contributed by atoms with Gasteiger partial charge in [0.05, 0.1) is 30.7 Å². The average molecular weight is 472 g/mol. The minimum atomic E-state index is -0.313. The van der Waals surface area contributed by atoms with Crippen LogP contribution in [0.15, 0.2) is 62.8 Å². The minimum absolute atomic E-state index is 0.193. The Labute approximate surface area is 191 Å². The Kier molecular flexibility index (Phi) is 6.59. The predicted molar refractivity (Wildman–Crippen MR) is 121 cm³/mol. The Hall–Kier alpha value is -2.82. The highest BCUT2D eigenvalue weighted by molar-refractivity contribution is 8.01. The van der Waals surface area contributed by atoms with Gasteiger partial charge in [0.1, 0.15) is 0 Å². The first kappa shape index (κ1) is 21.4. The number of fused-ring (bicyclic) bond motifs is 2. The Morgan fingerprint density at radius 3 is 2.87 bits per heavy atom. The van der Waals surface area contributed by atoms with E-state index in [0.717, 1.165) is 19.0 Å². The monoisotopic (exact) mass is 471 g/mol. The highest BCUT2D eigenvalue weighted by Crippen LogP contribution is 2.39. The summed E-state index contributed by atoms with van der Waals surface area (Å²) in [6.45, 7) is 0.318. The van der Waals surface area contributed by atoms with Crippen LogP contribution in [0.1, 0.15) is 25.6 Å². The molecule has 1 aliphatic heterocycles. The van der Waals surface area contributed by atoms with Gasteiger partial charge in [-0.3, -0.25) is 14.4 Å². The lowest BCUT2D eigenvalue weighted by atomic mass is 10.1. The van der Waals surface area contributed by atoms with Gasteiger partial charge in [-0.25, -0.2) is 4.98 Å². The number of anilines is 1. The van der Waals surface area contributed by atoms with Gasteiger partial charge in [-0.1, -0.05) is 35.7 Å². The van der Waals surface area contributed by atoms with E-state index in [1.807, 2.05) is 24.3 Å². The smallest absolute Gasteiger partial charge is 0.316 e. The van der Waals surface area contributed by atoms with E-state index in [4.69, 9.17) is 0 Å². The van der Waals surface area contributed by atoms with E-state index in [0.29, 0.717) is 23.4 Å². The molecule has 1 aromatic heterocycles. The Balaban J connectivity index is 1.40. The van der Waals surface area contributed by atoms with Crippen molar-refractivity contribution in [2.24, 2.45) is 0 Å². The molecule has 0 spiro atoms. The molecule has 0 bridgehead atoms. The topological polar surface area (TPSA) is 97.4 Å². The van der Waals surface area contributed by atoms with Crippen LogP contribution in [0.5, 0.6) is 0 Å². The summed E-state index contributed by atoms with van der Waals surface area (Å²) in [5.74, 6) is -0.563. The summed E-state index contributed by atoms with van der Waals surface area (Å²) in [4.78, 5) is 43.2. The SMILES string of the molecule is COC(=O)CSc1ncc(CNC(=O)c2ccc3c(c2)NC(=O)c2ccccc2S3)s1. The summed E-state index contributed by atoms with van der Waals surface area (Å²) in [5, 5.41) is 5.76. The average Bonchev–Trinajstić information content (AvgIpc) is 3.19. The highest BCUT2D eigenvalue weighted by atomic mass is 32.2. The summed E-state index contributed by atoms with van der Waals surface area (Å²) in [5.41, 5.74) is 1.68. The zero-order chi connectivity index (χ0) is 21.8. The molecule has 2 aromatic carbocycles. The maximum absolute atomic E-state index is 12.6. The predicted octanol–water partition coefficient (Wildman–Crippen LogP) is 4.06. The summed E-state index contributed by atoms with van der Waals surface area (Å²) < 4.78 is 5.35. The molecule has 0 saturated heterocycles. The minimum Gasteiger partial charge on any atom is -0.468 e. The fourth-order valence-electron chi connectivity index (χ4n) is 2.80. The number of ether oxygens (including phenoxy) is 1. The van der Waals surface area contributed by atoms with Crippen molar-refractivity contribution in [2.75, 3.05) is 18.2 Å². The third-order valence-electron chi connectivity index (χ3n) is 4.34. The van der Waals surface area contributed by atoms with Crippen LogP contribution in [0.25, 0.3) is 0 Å². The number of hydrogen-bond donors (Lipinski definition) is 2. The van der Waals surface area contributed by atoms with Gasteiger partial charge in [0.2, 0.25) is 0 Å². The van der Waals surface area contributed by atoms with Crippen LogP contribution in [-0.2, 0) is 16.1 Å². The van der Waals surface area contributed by atoms with Crippen molar-refractivity contribution in [1.82, 2.24) is 10.3 Å². The molecule has 10 heteroatoms. The lowest BCUT2D eigenvalue weighted by Crippen LogP contribution is -2.22. The van der Waals surface area contributed by atoms with E-state index in [-0.39, 0.29) is 23.5 Å². The number of thioether (sulfide) groups is 1. The molecule has 0 saturated carbocycles. The van der Waals surface area contributed by atoms with Crippen molar-refractivity contribution in [2.45, 2.75) is 20.7 Å². The molecule has 4 rings (SSSR count). The molecule has 31 heavy (non-hydrogen) atoms. The number of nitrogens with one attached hydrogen (secondary N) is 2. The quantitative estimate of drug-likeness (QED) is 0.413. The second-order valence-corrected chi connectivity index (χ2v) is 9.82. The molecule has 2 N–H and O–H groups in total. The van der Waals surface area contributed by atoms with Gasteiger partial charge >= 0.3 is 5.97 Å². The molecule has 7 nitrogen and oxygen atoms in total. The first-order valence-corrected chi connectivity index (χ1v) is 11.8. The van der Waals surface area contributed by atoms with Gasteiger partial charge in [0.25, 0.3) is 11.8 Å². The zero-order valence-corrected chi connectivity index (χ0v) is 18.8. The maximum atomic E-state index is 12.6. The molecule has 3 aromatic rings. The Morgan fingerprint density at radius 1 is 1.19 bits per heavy atom. The summed E-state index contributed by atoms with van der Waals surface area (Å²) in [6, 6.07) is 12.7. The van der Waals surface area contributed by atoms with E-state index in [9.17, 15) is 14.4 Å². The number of carbonyl (C=O) groups excluding carboxylic acids is 3. The van der Waals surface area contributed by atoms with E-state index in [2.05, 4.69) is 20.4 Å². The van der Waals surface area contributed by atoms with Crippen LogP contribution in [-0.4, -0.2) is 35.6 Å². The number of methoxy groups -OCH3 is 1. The summed E-state index contributed by atoms with van der Waals surface area (Å²) >= 11 is 4.20. The Bertz CT molecular complexity index is 1160. The molecule has 0 unspecified atom stereocenters. The van der Waals surface area contributed by atoms with E-state index in [1.54, 1.807) is 24.4 Å². The van der Waals surface area contributed by atoms with E-state index < -0.39 is 0 Å². The van der Waals surface area contributed by atoms with Gasteiger partial charge in [0.15, 0.2) is 4.34 Å². The Morgan fingerprint density at radius 2 is 2.03 bits per heavy atom. The van der Waals surface area contributed by atoms with Gasteiger partial charge in [-0.05, 0) is 30.3 Å². The number of aromatic nitrogens is 1. The highest BCUT2D eigenvalue weighted by Gasteiger charge is 2.20. The molecule has 0 atom stereocenters. The number of esters is 1. The summed E-state index contributed by atoms with van der Waals surface area (Å²) in [6.07, 6.45) is 1.68. The molecule has 2 heterocycles. The van der Waals surface area contributed by atoms with Crippen molar-refractivity contribution < 1.29 is 19.1 Å². The van der Waals surface area contributed by atoms with Gasteiger partial charge < -0.3 is 15.4 Å². The molecular weight excluding hydrogens is 454 g/mol. The molecule has 1 aliphatic rings. The van der Waals surface area contributed by atoms with Crippen LogP contribution in [0.3, 0.4) is 0 Å². The molecule has 158 valence electrons. The number of carbonyl (C=O) groups is 3. The van der Waals surface area contributed by atoms with Crippen LogP contribution in [0.4, 0.5) is 5.69 Å². The third kappa shape index (κ3) is 5.09. The van der Waals surface area contributed by atoms with E-state index >= 15 is 0 Å². The number of amides is 2. The van der Waals surface area contributed by atoms with Crippen molar-refractivity contribution in [3.63, 3.8) is 0 Å². The molecule has 0 fully saturated rings. The third-order valence-corrected chi connectivity index (χ3v) is 7.62. The zero-order valence-electron chi connectivity index (χ0n) is 16.3. The number of hydrogen-bond acceptors (Lipinski definition) is 8. The van der Waals surface area contributed by atoms with Crippen molar-refractivity contribution >= 4 is 58.3 Å². The van der Waals surface area contributed by atoms with Crippen molar-refractivity contribution in [3.8, 4) is 0 Å². The first-order chi connectivity index (χ1) is 15.0. The second-order valence-electron chi connectivity index (χ2n) is 6.40. The fourth-order valence-corrected chi connectivity index (χ4v) is 5.61. The van der Waals surface area contributed by atoms with Crippen LogP contribution < -0.4 is 10.6 Å². The van der Waals surface area contributed by atoms with E-state index in [1.165, 1.54) is 42.0 Å². The molecular formula is C21H17N3O4S3. The van der Waals surface area contributed by atoms with Crippen LogP contribution in [0.2, 0.25) is 0 Å². The number of benzene rings is 2. The first-order valence-electron chi connectivity index (χ1n) is 9.18. The van der Waals surface area contributed by atoms with Crippen LogP contribution in [0, 0.1) is 0 Å². The molecule has 0 aliphatic carbocycles. The van der Waals surface area contributed by atoms with Crippen molar-refractivity contribution in [3.05, 3.63) is 64.7 Å². The largest absolute Gasteiger partial charge is 0.468 e. The van der Waals surface area contributed by atoms with Crippen LogP contribution >= 0.6 is 34.9 Å². The second kappa shape index (κ2) is 9.54.